The number of allylic oxidation sites excluding steroid dienone is 1. The number of nitrogens with one attached hydrogen (secondary N) is 2. The summed E-state index contributed by atoms with van der Waals surface area (Å²) >= 11 is 0. The third-order valence-electron chi connectivity index (χ3n) is 3.56. The van der Waals surface area contributed by atoms with Gasteiger partial charge in [-0.2, -0.15) is 0 Å². The van der Waals surface area contributed by atoms with Gasteiger partial charge in [0.25, 0.3) is 0 Å². The highest BCUT2D eigenvalue weighted by molar-refractivity contribution is 5.90. The van der Waals surface area contributed by atoms with Crippen molar-refractivity contribution in [2.75, 3.05) is 5.32 Å². The van der Waals surface area contributed by atoms with Crippen molar-refractivity contribution in [2.24, 2.45) is 5.92 Å². The van der Waals surface area contributed by atoms with Crippen LogP contribution in [-0.2, 0) is 0 Å². The second-order valence-corrected chi connectivity index (χ2v) is 5.19. The van der Waals surface area contributed by atoms with Crippen molar-refractivity contribution in [1.29, 1.82) is 0 Å². The highest BCUT2D eigenvalue weighted by Crippen LogP contribution is 2.29. The first-order chi connectivity index (χ1) is 9.20. The lowest BCUT2D eigenvalue weighted by molar-refractivity contribution is 0.255. The molecule has 0 radical (unpaired) electrons. The molecule has 2 amide bonds. The molecule has 0 heterocycles. The average Bonchev–Trinajstić information content (AvgIpc) is 3.22. The lowest BCUT2D eigenvalue weighted by Gasteiger charge is -2.15. The second kappa shape index (κ2) is 6.41. The third kappa shape index (κ3) is 4.12. The monoisotopic (exact) mass is 258 g/mol. The number of carbonyl (C=O) groups excluding carboxylic acids is 1. The summed E-state index contributed by atoms with van der Waals surface area (Å²) in [5.41, 5.74) is 2.08. The SMILES string of the molecule is CCC(C)c1ccccc1NC(=O)N/C=C/C1CC1. The Kier molecular flexibility index (Phi) is 4.61. The fourth-order valence-electron chi connectivity index (χ4n) is 1.97. The fraction of sp³-hybridized carbons (Fsp3) is 0.438. The maximum atomic E-state index is 11.8. The van der Waals surface area contributed by atoms with E-state index in [1.54, 1.807) is 6.20 Å². The number of para-hydroxylation sites is 1. The first kappa shape index (κ1) is 13.7. The number of benzene rings is 1. The number of rotatable bonds is 5. The molecule has 1 aromatic rings. The molecule has 19 heavy (non-hydrogen) atoms. The van der Waals surface area contributed by atoms with Crippen molar-refractivity contribution in [3.05, 3.63) is 42.1 Å². The van der Waals surface area contributed by atoms with Crippen LogP contribution in [0.1, 0.15) is 44.6 Å². The molecule has 0 aliphatic heterocycles. The van der Waals surface area contributed by atoms with Crippen molar-refractivity contribution < 1.29 is 4.79 Å². The van der Waals surface area contributed by atoms with Crippen LogP contribution in [0.5, 0.6) is 0 Å². The minimum atomic E-state index is -0.173. The van der Waals surface area contributed by atoms with Crippen molar-refractivity contribution >= 4 is 11.7 Å². The Morgan fingerprint density at radius 1 is 1.42 bits per heavy atom. The van der Waals surface area contributed by atoms with Gasteiger partial charge in [0.1, 0.15) is 0 Å². The van der Waals surface area contributed by atoms with Crippen molar-refractivity contribution in [3.8, 4) is 0 Å². The zero-order valence-corrected chi connectivity index (χ0v) is 11.6. The maximum absolute atomic E-state index is 11.8. The zero-order chi connectivity index (χ0) is 13.7. The van der Waals surface area contributed by atoms with Crippen molar-refractivity contribution in [3.63, 3.8) is 0 Å². The summed E-state index contributed by atoms with van der Waals surface area (Å²) in [5, 5.41) is 5.67. The minimum absolute atomic E-state index is 0.173. The molecule has 1 unspecified atom stereocenters. The predicted molar refractivity (Wildman–Crippen MR) is 79.2 cm³/mol. The van der Waals surface area contributed by atoms with Gasteiger partial charge < -0.3 is 10.6 Å². The van der Waals surface area contributed by atoms with Gasteiger partial charge in [-0.3, -0.25) is 0 Å². The van der Waals surface area contributed by atoms with Gasteiger partial charge in [0.2, 0.25) is 0 Å². The number of urea groups is 1. The van der Waals surface area contributed by atoms with Crippen LogP contribution in [-0.4, -0.2) is 6.03 Å². The molecule has 1 fully saturated rings. The molecule has 1 aromatic carbocycles. The van der Waals surface area contributed by atoms with Gasteiger partial charge in [0, 0.05) is 11.9 Å². The molecular weight excluding hydrogens is 236 g/mol. The fourth-order valence-corrected chi connectivity index (χ4v) is 1.97. The van der Waals surface area contributed by atoms with Crippen LogP contribution in [0.25, 0.3) is 0 Å². The average molecular weight is 258 g/mol. The Morgan fingerprint density at radius 3 is 2.84 bits per heavy atom. The van der Waals surface area contributed by atoms with Crippen LogP contribution in [0.3, 0.4) is 0 Å². The molecule has 1 aliphatic carbocycles. The number of anilines is 1. The maximum Gasteiger partial charge on any atom is 0.323 e. The summed E-state index contributed by atoms with van der Waals surface area (Å²) < 4.78 is 0. The molecule has 1 atom stereocenters. The Bertz CT molecular complexity index is 464. The zero-order valence-electron chi connectivity index (χ0n) is 11.6. The van der Waals surface area contributed by atoms with Crippen LogP contribution < -0.4 is 10.6 Å². The second-order valence-electron chi connectivity index (χ2n) is 5.19. The van der Waals surface area contributed by atoms with E-state index in [-0.39, 0.29) is 6.03 Å². The van der Waals surface area contributed by atoms with E-state index in [0.29, 0.717) is 11.8 Å². The molecule has 2 rings (SSSR count). The summed E-state index contributed by atoms with van der Waals surface area (Å²) in [6.07, 6.45) is 7.36. The molecule has 1 aliphatic rings. The molecular formula is C16H22N2O. The normalized spacial score (nSPS) is 16.3. The number of hydrogen-bond donors (Lipinski definition) is 2. The van der Waals surface area contributed by atoms with Gasteiger partial charge in [-0.1, -0.05) is 38.1 Å². The first-order valence-electron chi connectivity index (χ1n) is 7.03. The van der Waals surface area contributed by atoms with Gasteiger partial charge in [-0.25, -0.2) is 4.79 Å². The highest BCUT2D eigenvalue weighted by atomic mass is 16.2. The largest absolute Gasteiger partial charge is 0.323 e. The van der Waals surface area contributed by atoms with Gasteiger partial charge in [-0.15, -0.1) is 0 Å². The highest BCUT2D eigenvalue weighted by Gasteiger charge is 2.17. The molecule has 0 spiro atoms. The molecule has 0 saturated heterocycles. The summed E-state index contributed by atoms with van der Waals surface area (Å²) in [4.78, 5) is 11.8. The van der Waals surface area contributed by atoms with Crippen molar-refractivity contribution in [1.82, 2.24) is 5.32 Å². The molecule has 1 saturated carbocycles. The molecule has 3 heteroatoms. The van der Waals surface area contributed by atoms with E-state index in [0.717, 1.165) is 12.1 Å². The summed E-state index contributed by atoms with van der Waals surface area (Å²) in [6.45, 7) is 4.32. The van der Waals surface area contributed by atoms with E-state index in [1.165, 1.54) is 18.4 Å². The van der Waals surface area contributed by atoms with Crippen LogP contribution >= 0.6 is 0 Å². The quantitative estimate of drug-likeness (QED) is 0.814. The van der Waals surface area contributed by atoms with E-state index in [4.69, 9.17) is 0 Å². The van der Waals surface area contributed by atoms with Crippen LogP contribution in [0, 0.1) is 5.92 Å². The van der Waals surface area contributed by atoms with E-state index < -0.39 is 0 Å². The van der Waals surface area contributed by atoms with Crippen molar-refractivity contribution in [2.45, 2.75) is 39.0 Å². The van der Waals surface area contributed by atoms with Gasteiger partial charge >= 0.3 is 6.03 Å². The molecule has 3 nitrogen and oxygen atoms in total. The Morgan fingerprint density at radius 2 is 2.16 bits per heavy atom. The predicted octanol–water partition coefficient (Wildman–Crippen LogP) is 4.25. The van der Waals surface area contributed by atoms with Crippen LogP contribution in [0.2, 0.25) is 0 Å². The molecule has 0 bridgehead atoms. The van der Waals surface area contributed by atoms with Crippen LogP contribution in [0.4, 0.5) is 10.5 Å². The Balaban J connectivity index is 1.95. The standard InChI is InChI=1S/C16H22N2O/c1-3-12(2)14-6-4-5-7-15(14)18-16(19)17-11-10-13-8-9-13/h4-7,10-13H,3,8-9H2,1-2H3,(H2,17,18,19)/b11-10+. The lowest BCUT2D eigenvalue weighted by Crippen LogP contribution is -2.24. The van der Waals surface area contributed by atoms with Gasteiger partial charge in [0.15, 0.2) is 0 Å². The molecule has 102 valence electrons. The van der Waals surface area contributed by atoms with E-state index in [1.807, 2.05) is 18.2 Å². The first-order valence-corrected chi connectivity index (χ1v) is 7.03. The summed E-state index contributed by atoms with van der Waals surface area (Å²) in [6, 6.07) is 7.81. The molecule has 2 N–H and O–H groups in total. The topological polar surface area (TPSA) is 41.1 Å². The number of amides is 2. The minimum Gasteiger partial charge on any atom is -0.315 e. The number of hydrogen-bond acceptors (Lipinski definition) is 1. The summed E-state index contributed by atoms with van der Waals surface area (Å²) in [5.74, 6) is 1.12. The summed E-state index contributed by atoms with van der Waals surface area (Å²) in [7, 11) is 0. The smallest absolute Gasteiger partial charge is 0.315 e. The lowest BCUT2D eigenvalue weighted by atomic mass is 9.97. The van der Waals surface area contributed by atoms with E-state index in [9.17, 15) is 4.79 Å². The third-order valence-corrected chi connectivity index (χ3v) is 3.56. The van der Waals surface area contributed by atoms with Gasteiger partial charge in [0.05, 0.1) is 0 Å². The Labute approximate surface area is 115 Å². The molecule has 0 aromatic heterocycles. The van der Waals surface area contributed by atoms with Crippen LogP contribution in [0.15, 0.2) is 36.5 Å². The van der Waals surface area contributed by atoms with Gasteiger partial charge in [-0.05, 0) is 42.7 Å². The van der Waals surface area contributed by atoms with E-state index in [2.05, 4.69) is 36.6 Å². The number of carbonyl (C=O) groups is 1. The Hall–Kier alpha value is -1.77. The van der Waals surface area contributed by atoms with E-state index >= 15 is 0 Å².